The first-order chi connectivity index (χ1) is 12.1. The molecule has 2 atom stereocenters. The number of aromatic nitrogens is 2. The maximum absolute atomic E-state index is 12.5. The number of hydrogen-bond donors (Lipinski definition) is 2. The number of nitrogens with zero attached hydrogens (tertiary/aromatic N) is 2. The van der Waals surface area contributed by atoms with E-state index in [0.717, 1.165) is 24.1 Å². The number of aliphatic carboxylic acids is 1. The Balaban J connectivity index is 1.74. The highest BCUT2D eigenvalue weighted by molar-refractivity contribution is 5.96. The number of rotatable bonds is 5. The standard InChI is InChI=1S/C18H21N3O4/c1-12-5-2-3-7-15(12)21-10-14(9-19-21)17(22)20-16(18(23)24)13-6-4-8-25-11-13/h2-3,5,7,9-10,13,16H,4,6,8,11H2,1H3,(H,20,22)(H,23,24). The molecule has 0 radical (unpaired) electrons. The first kappa shape index (κ1) is 17.2. The zero-order valence-electron chi connectivity index (χ0n) is 14.0. The SMILES string of the molecule is Cc1ccccc1-n1cc(C(=O)NC(C(=O)O)C2CCCOC2)cn1. The lowest BCUT2D eigenvalue weighted by Crippen LogP contribution is -2.48. The van der Waals surface area contributed by atoms with Crippen LogP contribution < -0.4 is 5.32 Å². The number of nitrogens with one attached hydrogen (secondary N) is 1. The van der Waals surface area contributed by atoms with Gasteiger partial charge >= 0.3 is 5.97 Å². The number of carboxylic acids is 1. The Hall–Kier alpha value is -2.67. The molecule has 132 valence electrons. The summed E-state index contributed by atoms with van der Waals surface area (Å²) >= 11 is 0. The topological polar surface area (TPSA) is 93.5 Å². The number of ether oxygens (including phenoxy) is 1. The highest BCUT2D eigenvalue weighted by Gasteiger charge is 2.31. The molecule has 7 nitrogen and oxygen atoms in total. The van der Waals surface area contributed by atoms with Crippen LogP contribution in [0.4, 0.5) is 0 Å². The number of carbonyl (C=O) groups excluding carboxylic acids is 1. The Morgan fingerprint density at radius 1 is 1.40 bits per heavy atom. The van der Waals surface area contributed by atoms with Gasteiger partial charge in [0.05, 0.1) is 24.1 Å². The van der Waals surface area contributed by atoms with Crippen LogP contribution in [-0.4, -0.2) is 46.0 Å². The van der Waals surface area contributed by atoms with E-state index in [1.807, 2.05) is 31.2 Å². The molecule has 1 amide bonds. The van der Waals surface area contributed by atoms with Crippen LogP contribution in [0.3, 0.4) is 0 Å². The summed E-state index contributed by atoms with van der Waals surface area (Å²) in [5.74, 6) is -1.71. The van der Waals surface area contributed by atoms with Crippen molar-refractivity contribution in [3.8, 4) is 5.69 Å². The number of amides is 1. The fraction of sp³-hybridized carbons (Fsp3) is 0.389. The van der Waals surface area contributed by atoms with E-state index >= 15 is 0 Å². The van der Waals surface area contributed by atoms with Gasteiger partial charge in [0.2, 0.25) is 0 Å². The van der Waals surface area contributed by atoms with E-state index in [0.29, 0.717) is 18.8 Å². The zero-order chi connectivity index (χ0) is 17.8. The van der Waals surface area contributed by atoms with Crippen molar-refractivity contribution in [3.05, 3.63) is 47.8 Å². The van der Waals surface area contributed by atoms with Crippen molar-refractivity contribution in [3.63, 3.8) is 0 Å². The Morgan fingerprint density at radius 2 is 2.20 bits per heavy atom. The van der Waals surface area contributed by atoms with Gasteiger partial charge < -0.3 is 15.2 Å². The molecule has 2 unspecified atom stereocenters. The van der Waals surface area contributed by atoms with E-state index in [2.05, 4.69) is 10.4 Å². The molecule has 2 N–H and O–H groups in total. The smallest absolute Gasteiger partial charge is 0.326 e. The van der Waals surface area contributed by atoms with Gasteiger partial charge in [-0.25, -0.2) is 9.48 Å². The predicted molar refractivity (Wildman–Crippen MR) is 90.7 cm³/mol. The van der Waals surface area contributed by atoms with Crippen LogP contribution in [0.2, 0.25) is 0 Å². The lowest BCUT2D eigenvalue weighted by atomic mass is 9.93. The fourth-order valence-electron chi connectivity index (χ4n) is 3.03. The number of carboxylic acid groups (broad SMARTS) is 1. The van der Waals surface area contributed by atoms with E-state index in [9.17, 15) is 14.7 Å². The van der Waals surface area contributed by atoms with Crippen molar-refractivity contribution in [2.45, 2.75) is 25.8 Å². The van der Waals surface area contributed by atoms with Crippen LogP contribution in [0, 0.1) is 12.8 Å². The van der Waals surface area contributed by atoms with Gasteiger partial charge in [0, 0.05) is 18.7 Å². The average Bonchev–Trinajstić information content (AvgIpc) is 3.10. The molecule has 1 fully saturated rings. The molecule has 1 aromatic carbocycles. The van der Waals surface area contributed by atoms with Crippen molar-refractivity contribution in [1.29, 1.82) is 0 Å². The molecule has 1 aliphatic rings. The minimum absolute atomic E-state index is 0.221. The highest BCUT2D eigenvalue weighted by atomic mass is 16.5. The number of para-hydroxylation sites is 1. The van der Waals surface area contributed by atoms with Crippen molar-refractivity contribution in [2.24, 2.45) is 5.92 Å². The minimum atomic E-state index is -1.05. The summed E-state index contributed by atoms with van der Waals surface area (Å²) in [6.45, 7) is 2.94. The van der Waals surface area contributed by atoms with Gasteiger partial charge in [0.15, 0.2) is 0 Å². The first-order valence-electron chi connectivity index (χ1n) is 8.28. The number of carbonyl (C=O) groups is 2. The van der Waals surface area contributed by atoms with Crippen LogP contribution in [-0.2, 0) is 9.53 Å². The summed E-state index contributed by atoms with van der Waals surface area (Å²) in [6, 6.07) is 6.73. The average molecular weight is 343 g/mol. The maximum Gasteiger partial charge on any atom is 0.326 e. The van der Waals surface area contributed by atoms with E-state index in [1.54, 1.807) is 10.9 Å². The molecule has 7 heteroatoms. The normalized spacial score (nSPS) is 18.5. The summed E-state index contributed by atoms with van der Waals surface area (Å²) in [4.78, 5) is 24.0. The molecule has 1 saturated heterocycles. The van der Waals surface area contributed by atoms with E-state index in [-0.39, 0.29) is 5.92 Å². The molecular weight excluding hydrogens is 322 g/mol. The third-order valence-electron chi connectivity index (χ3n) is 4.43. The predicted octanol–water partition coefficient (Wildman–Crippen LogP) is 1.79. The molecule has 2 heterocycles. The summed E-state index contributed by atoms with van der Waals surface area (Å²) < 4.78 is 6.96. The van der Waals surface area contributed by atoms with Gasteiger partial charge in [-0.1, -0.05) is 18.2 Å². The summed E-state index contributed by atoms with van der Waals surface area (Å²) in [6.07, 6.45) is 4.57. The lowest BCUT2D eigenvalue weighted by Gasteiger charge is -2.27. The fourth-order valence-corrected chi connectivity index (χ4v) is 3.03. The number of hydrogen-bond acceptors (Lipinski definition) is 4. The van der Waals surface area contributed by atoms with E-state index < -0.39 is 17.9 Å². The summed E-state index contributed by atoms with van der Waals surface area (Å²) in [5.41, 5.74) is 2.23. The highest BCUT2D eigenvalue weighted by Crippen LogP contribution is 2.19. The molecule has 25 heavy (non-hydrogen) atoms. The largest absolute Gasteiger partial charge is 0.480 e. The van der Waals surface area contributed by atoms with Crippen LogP contribution >= 0.6 is 0 Å². The van der Waals surface area contributed by atoms with Crippen LogP contribution in [0.1, 0.15) is 28.8 Å². The maximum atomic E-state index is 12.5. The lowest BCUT2D eigenvalue weighted by molar-refractivity contribution is -0.142. The monoisotopic (exact) mass is 343 g/mol. The Kier molecular flexibility index (Phi) is 5.14. The molecular formula is C18H21N3O4. The van der Waals surface area contributed by atoms with Crippen molar-refractivity contribution in [2.75, 3.05) is 13.2 Å². The second-order valence-electron chi connectivity index (χ2n) is 6.23. The van der Waals surface area contributed by atoms with Gasteiger partial charge in [-0.3, -0.25) is 4.79 Å². The van der Waals surface area contributed by atoms with Crippen LogP contribution in [0.15, 0.2) is 36.7 Å². The van der Waals surface area contributed by atoms with E-state index in [4.69, 9.17) is 4.74 Å². The number of aryl methyl sites for hydroxylation is 1. The van der Waals surface area contributed by atoms with Crippen LogP contribution in [0.5, 0.6) is 0 Å². The second kappa shape index (κ2) is 7.48. The first-order valence-corrected chi connectivity index (χ1v) is 8.28. The van der Waals surface area contributed by atoms with Crippen LogP contribution in [0.25, 0.3) is 5.69 Å². The molecule has 1 aromatic heterocycles. The molecule has 2 aromatic rings. The van der Waals surface area contributed by atoms with Gasteiger partial charge in [0.1, 0.15) is 6.04 Å². The summed E-state index contributed by atoms with van der Waals surface area (Å²) in [7, 11) is 0. The second-order valence-corrected chi connectivity index (χ2v) is 6.23. The third-order valence-corrected chi connectivity index (χ3v) is 4.43. The summed E-state index contributed by atoms with van der Waals surface area (Å²) in [5, 5.41) is 16.3. The molecule has 3 rings (SSSR count). The zero-order valence-corrected chi connectivity index (χ0v) is 14.0. The van der Waals surface area contributed by atoms with Crippen molar-refractivity contribution >= 4 is 11.9 Å². The Labute approximate surface area is 145 Å². The molecule has 0 saturated carbocycles. The van der Waals surface area contributed by atoms with Crippen molar-refractivity contribution < 1.29 is 19.4 Å². The van der Waals surface area contributed by atoms with Gasteiger partial charge in [-0.05, 0) is 31.4 Å². The Morgan fingerprint density at radius 3 is 2.88 bits per heavy atom. The Bertz CT molecular complexity index is 765. The van der Waals surface area contributed by atoms with Gasteiger partial charge in [0.25, 0.3) is 5.91 Å². The van der Waals surface area contributed by atoms with E-state index in [1.165, 1.54) is 6.20 Å². The van der Waals surface area contributed by atoms with Gasteiger partial charge in [-0.15, -0.1) is 0 Å². The quantitative estimate of drug-likeness (QED) is 0.863. The number of benzene rings is 1. The van der Waals surface area contributed by atoms with Crippen molar-refractivity contribution in [1.82, 2.24) is 15.1 Å². The molecule has 1 aliphatic heterocycles. The molecule has 0 bridgehead atoms. The third kappa shape index (κ3) is 3.88. The molecule has 0 spiro atoms. The minimum Gasteiger partial charge on any atom is -0.480 e. The van der Waals surface area contributed by atoms with Gasteiger partial charge in [-0.2, -0.15) is 5.10 Å². The molecule has 0 aliphatic carbocycles.